The van der Waals surface area contributed by atoms with Crippen LogP contribution in [0.2, 0.25) is 5.02 Å². The molecule has 0 saturated heterocycles. The van der Waals surface area contributed by atoms with E-state index in [1.165, 1.54) is 12.3 Å². The van der Waals surface area contributed by atoms with Crippen molar-refractivity contribution in [1.82, 2.24) is 15.6 Å². The highest BCUT2D eigenvalue weighted by Crippen LogP contribution is 2.10. The third-order valence-corrected chi connectivity index (χ3v) is 2.16. The number of urea groups is 1. The zero-order chi connectivity index (χ0) is 15.3. The fourth-order valence-electron chi connectivity index (χ4n) is 1.23. The highest BCUT2D eigenvalue weighted by molar-refractivity contribution is 6.30. The maximum Gasteiger partial charge on any atom is 0.355 e. The number of nitrogens with one attached hydrogen (secondary N) is 3. The number of imide groups is 1. The quantitative estimate of drug-likeness (QED) is 0.736. The minimum absolute atomic E-state index is 0.127. The lowest BCUT2D eigenvalue weighted by atomic mass is 10.1. The van der Waals surface area contributed by atoms with Gasteiger partial charge in [-0.1, -0.05) is 11.6 Å². The van der Waals surface area contributed by atoms with E-state index >= 15 is 0 Å². The molecule has 1 rings (SSSR count). The summed E-state index contributed by atoms with van der Waals surface area (Å²) in [5.41, 5.74) is -0.343. The van der Waals surface area contributed by atoms with Gasteiger partial charge in [0.05, 0.1) is 5.02 Å². The smallest absolute Gasteiger partial charge is 0.355 e. The van der Waals surface area contributed by atoms with E-state index in [0.29, 0.717) is 5.02 Å². The lowest BCUT2D eigenvalue weighted by Crippen LogP contribution is -2.49. The molecule has 7 nitrogen and oxygen atoms in total. The fraction of sp³-hybridized carbons (Fsp3) is 0.417. The summed E-state index contributed by atoms with van der Waals surface area (Å²) < 4.78 is 4.71. The molecular formula is C12H16ClN3O4. The van der Waals surface area contributed by atoms with E-state index in [0.717, 1.165) is 0 Å². The second-order valence-electron chi connectivity index (χ2n) is 5.06. The number of ether oxygens (including phenoxy) is 1. The molecule has 1 aromatic heterocycles. The van der Waals surface area contributed by atoms with Crippen molar-refractivity contribution in [2.75, 3.05) is 6.61 Å². The fourth-order valence-corrected chi connectivity index (χ4v) is 1.39. The maximum absolute atomic E-state index is 11.5. The van der Waals surface area contributed by atoms with Crippen molar-refractivity contribution in [3.8, 4) is 0 Å². The largest absolute Gasteiger partial charge is 0.451 e. The number of carbonyl (C=O) groups excluding carboxylic acids is 3. The highest BCUT2D eigenvalue weighted by atomic mass is 35.5. The molecule has 0 aliphatic carbocycles. The number of hydrogen-bond acceptors (Lipinski definition) is 4. The topological polar surface area (TPSA) is 100 Å². The summed E-state index contributed by atoms with van der Waals surface area (Å²) in [5, 5.41) is 4.94. The molecule has 0 bridgehead atoms. The second kappa shape index (κ2) is 6.42. The molecule has 1 heterocycles. The third-order valence-electron chi connectivity index (χ3n) is 1.94. The van der Waals surface area contributed by atoms with Crippen LogP contribution in [-0.2, 0) is 9.53 Å². The van der Waals surface area contributed by atoms with Gasteiger partial charge in [0.15, 0.2) is 6.61 Å². The Morgan fingerprint density at radius 2 is 2.00 bits per heavy atom. The van der Waals surface area contributed by atoms with Crippen molar-refractivity contribution < 1.29 is 19.1 Å². The number of esters is 1. The summed E-state index contributed by atoms with van der Waals surface area (Å²) in [7, 11) is 0. The van der Waals surface area contributed by atoms with Gasteiger partial charge in [0.1, 0.15) is 5.69 Å². The minimum Gasteiger partial charge on any atom is -0.451 e. The standard InChI is InChI=1S/C12H16ClN3O4/c1-12(2,3)16-11(19)15-9(17)6-20-10(18)8-4-7(13)5-14-8/h4-5,14H,6H2,1-3H3,(H2,15,16,17,19). The van der Waals surface area contributed by atoms with Crippen LogP contribution in [0.4, 0.5) is 4.79 Å². The van der Waals surface area contributed by atoms with E-state index < -0.39 is 30.1 Å². The first kappa shape index (κ1) is 16.0. The van der Waals surface area contributed by atoms with Gasteiger partial charge in [-0.05, 0) is 26.8 Å². The van der Waals surface area contributed by atoms with Crippen LogP contribution in [0.15, 0.2) is 12.3 Å². The second-order valence-corrected chi connectivity index (χ2v) is 5.50. The molecule has 0 radical (unpaired) electrons. The molecule has 0 saturated carbocycles. The molecule has 0 fully saturated rings. The van der Waals surface area contributed by atoms with Gasteiger partial charge < -0.3 is 15.0 Å². The normalized spacial score (nSPS) is 10.8. The van der Waals surface area contributed by atoms with Crippen LogP contribution in [0.5, 0.6) is 0 Å². The Bertz CT molecular complexity index is 519. The Morgan fingerprint density at radius 3 is 2.50 bits per heavy atom. The van der Waals surface area contributed by atoms with Gasteiger partial charge in [0.2, 0.25) is 0 Å². The van der Waals surface area contributed by atoms with Crippen molar-refractivity contribution in [3.05, 3.63) is 23.0 Å². The Hall–Kier alpha value is -2.02. The number of amides is 3. The predicted octanol–water partition coefficient (Wildman–Crippen LogP) is 1.45. The van der Waals surface area contributed by atoms with E-state index in [1.807, 2.05) is 5.32 Å². The zero-order valence-corrected chi connectivity index (χ0v) is 12.1. The highest BCUT2D eigenvalue weighted by Gasteiger charge is 2.17. The Morgan fingerprint density at radius 1 is 1.35 bits per heavy atom. The van der Waals surface area contributed by atoms with E-state index in [9.17, 15) is 14.4 Å². The van der Waals surface area contributed by atoms with E-state index in [2.05, 4.69) is 10.3 Å². The van der Waals surface area contributed by atoms with Gasteiger partial charge in [0.25, 0.3) is 5.91 Å². The lowest BCUT2D eigenvalue weighted by Gasteiger charge is -2.20. The molecule has 0 unspecified atom stereocenters. The first-order valence-electron chi connectivity index (χ1n) is 5.80. The van der Waals surface area contributed by atoms with Gasteiger partial charge >= 0.3 is 12.0 Å². The van der Waals surface area contributed by atoms with Crippen molar-refractivity contribution in [2.24, 2.45) is 0 Å². The molecule has 1 aromatic rings. The molecule has 20 heavy (non-hydrogen) atoms. The van der Waals surface area contributed by atoms with Crippen LogP contribution in [0.3, 0.4) is 0 Å². The first-order chi connectivity index (χ1) is 9.17. The van der Waals surface area contributed by atoms with Crippen LogP contribution in [0.25, 0.3) is 0 Å². The number of halogens is 1. The van der Waals surface area contributed by atoms with Crippen LogP contribution >= 0.6 is 11.6 Å². The lowest BCUT2D eigenvalue weighted by molar-refractivity contribution is -0.123. The molecule has 3 N–H and O–H groups in total. The van der Waals surface area contributed by atoms with Crippen LogP contribution in [-0.4, -0.2) is 35.0 Å². The number of hydrogen-bond donors (Lipinski definition) is 3. The van der Waals surface area contributed by atoms with Crippen LogP contribution in [0, 0.1) is 0 Å². The summed E-state index contributed by atoms with van der Waals surface area (Å²) in [6.07, 6.45) is 1.41. The molecule has 0 spiro atoms. The van der Waals surface area contributed by atoms with E-state index in [-0.39, 0.29) is 5.69 Å². The number of H-pyrrole nitrogens is 1. The zero-order valence-electron chi connectivity index (χ0n) is 11.4. The third kappa shape index (κ3) is 5.75. The molecule has 8 heteroatoms. The predicted molar refractivity (Wildman–Crippen MR) is 72.5 cm³/mol. The van der Waals surface area contributed by atoms with Crippen molar-refractivity contribution in [3.63, 3.8) is 0 Å². The number of aromatic nitrogens is 1. The molecule has 0 atom stereocenters. The molecular weight excluding hydrogens is 286 g/mol. The average molecular weight is 302 g/mol. The SMILES string of the molecule is CC(C)(C)NC(=O)NC(=O)COC(=O)c1cc(Cl)c[nH]1. The number of rotatable bonds is 3. The molecule has 0 aromatic carbocycles. The van der Waals surface area contributed by atoms with Crippen molar-refractivity contribution in [2.45, 2.75) is 26.3 Å². The summed E-state index contributed by atoms with van der Waals surface area (Å²) in [4.78, 5) is 36.8. The molecule has 0 aliphatic rings. The van der Waals surface area contributed by atoms with Gasteiger partial charge in [-0.25, -0.2) is 9.59 Å². The average Bonchev–Trinajstić information content (AvgIpc) is 2.70. The van der Waals surface area contributed by atoms with Gasteiger partial charge in [-0.2, -0.15) is 0 Å². The summed E-state index contributed by atoms with van der Waals surface area (Å²) in [6.45, 7) is 4.75. The molecule has 3 amide bonds. The summed E-state index contributed by atoms with van der Waals surface area (Å²) >= 11 is 5.63. The first-order valence-corrected chi connectivity index (χ1v) is 6.18. The van der Waals surface area contributed by atoms with Gasteiger partial charge in [-0.3, -0.25) is 10.1 Å². The molecule has 0 aliphatic heterocycles. The minimum atomic E-state index is -0.733. The van der Waals surface area contributed by atoms with Crippen molar-refractivity contribution in [1.29, 1.82) is 0 Å². The maximum atomic E-state index is 11.5. The summed E-state index contributed by atoms with van der Waals surface area (Å²) in [6, 6.07) is 0.718. The van der Waals surface area contributed by atoms with Gasteiger partial charge in [0, 0.05) is 11.7 Å². The molecule has 110 valence electrons. The summed E-state index contributed by atoms with van der Waals surface area (Å²) in [5.74, 6) is -1.46. The van der Waals surface area contributed by atoms with Crippen LogP contribution in [0.1, 0.15) is 31.3 Å². The van der Waals surface area contributed by atoms with Gasteiger partial charge in [-0.15, -0.1) is 0 Å². The Balaban J connectivity index is 2.37. The Labute approximate surface area is 121 Å². The monoisotopic (exact) mass is 301 g/mol. The van der Waals surface area contributed by atoms with E-state index in [4.69, 9.17) is 16.3 Å². The Kier molecular flexibility index (Phi) is 5.15. The van der Waals surface area contributed by atoms with E-state index in [1.54, 1.807) is 20.8 Å². The number of aromatic amines is 1. The van der Waals surface area contributed by atoms with Crippen LogP contribution < -0.4 is 10.6 Å². The number of carbonyl (C=O) groups is 3. The van der Waals surface area contributed by atoms with Crippen molar-refractivity contribution >= 4 is 29.5 Å².